The second kappa shape index (κ2) is 10.6. The second-order valence-electron chi connectivity index (χ2n) is 6.05. The van der Waals surface area contributed by atoms with Crippen molar-refractivity contribution in [3.05, 3.63) is 23.2 Å². The Hall–Kier alpha value is -2.87. The maximum atomic E-state index is 12.2. The number of methoxy groups -OCH3 is 2. The van der Waals surface area contributed by atoms with E-state index in [9.17, 15) is 9.59 Å². The number of benzene rings is 2. The molecule has 0 aliphatic heterocycles. The van der Waals surface area contributed by atoms with E-state index in [1.165, 1.54) is 14.2 Å². The summed E-state index contributed by atoms with van der Waals surface area (Å²) in [6.07, 6.45) is 0.216. The minimum atomic E-state index is -0.650. The van der Waals surface area contributed by atoms with Gasteiger partial charge in [0, 0.05) is 28.9 Å². The number of ether oxygens (including phenoxy) is 4. The van der Waals surface area contributed by atoms with E-state index in [2.05, 4.69) is 10.6 Å². The number of fused-ring (bicyclic) bond motifs is 1. The third-order valence-corrected chi connectivity index (χ3v) is 4.16. The zero-order valence-corrected chi connectivity index (χ0v) is 17.6. The number of amides is 2. The van der Waals surface area contributed by atoms with Crippen molar-refractivity contribution in [3.63, 3.8) is 0 Å². The Kier molecular flexibility index (Phi) is 8.21. The van der Waals surface area contributed by atoms with E-state index in [-0.39, 0.29) is 23.0 Å². The van der Waals surface area contributed by atoms with Gasteiger partial charge in [0.2, 0.25) is 11.5 Å². The molecular formula is C20H25ClN2O6. The minimum Gasteiger partial charge on any atom is -0.490 e. The molecule has 0 aliphatic rings. The van der Waals surface area contributed by atoms with Gasteiger partial charge in [-0.05, 0) is 31.0 Å². The fourth-order valence-corrected chi connectivity index (χ4v) is 2.81. The Bertz CT molecular complexity index is 887. The van der Waals surface area contributed by atoms with Crippen LogP contribution in [0.15, 0.2) is 18.2 Å². The van der Waals surface area contributed by atoms with Gasteiger partial charge in [0.05, 0.1) is 14.2 Å². The lowest BCUT2D eigenvalue weighted by atomic mass is 10.1. The highest BCUT2D eigenvalue weighted by Gasteiger charge is 2.27. The Labute approximate surface area is 174 Å². The highest BCUT2D eigenvalue weighted by Crippen LogP contribution is 2.51. The summed E-state index contributed by atoms with van der Waals surface area (Å²) in [4.78, 5) is 24.4. The lowest BCUT2D eigenvalue weighted by Crippen LogP contribution is -2.28. The van der Waals surface area contributed by atoms with Gasteiger partial charge in [0.25, 0.3) is 0 Å². The van der Waals surface area contributed by atoms with Crippen LogP contribution in [0.5, 0.6) is 23.0 Å². The number of carbonyl (C=O) groups is 2. The first-order chi connectivity index (χ1) is 14.0. The van der Waals surface area contributed by atoms with Crippen molar-refractivity contribution in [2.45, 2.75) is 26.7 Å². The van der Waals surface area contributed by atoms with Crippen molar-refractivity contribution in [1.29, 1.82) is 0 Å². The average molecular weight is 425 g/mol. The van der Waals surface area contributed by atoms with Crippen LogP contribution < -0.4 is 29.6 Å². The molecule has 2 rings (SSSR count). The zero-order chi connectivity index (χ0) is 21.4. The average Bonchev–Trinajstić information content (AvgIpc) is 2.71. The van der Waals surface area contributed by atoms with Crippen LogP contribution >= 0.6 is 11.6 Å². The summed E-state index contributed by atoms with van der Waals surface area (Å²) in [7, 11) is 2.79. The zero-order valence-electron chi connectivity index (χ0n) is 16.9. The van der Waals surface area contributed by atoms with Crippen molar-refractivity contribution in [1.82, 2.24) is 10.6 Å². The van der Waals surface area contributed by atoms with E-state index < -0.39 is 12.2 Å². The quantitative estimate of drug-likeness (QED) is 0.647. The number of hydrogen-bond donors (Lipinski definition) is 2. The summed E-state index contributed by atoms with van der Waals surface area (Å²) in [5, 5.41) is 6.58. The highest BCUT2D eigenvalue weighted by molar-refractivity contribution is 6.31. The molecular weight excluding hydrogens is 400 g/mol. The molecule has 2 amide bonds. The van der Waals surface area contributed by atoms with Crippen LogP contribution in [-0.4, -0.2) is 39.5 Å². The van der Waals surface area contributed by atoms with Gasteiger partial charge in [-0.15, -0.1) is 0 Å². The predicted octanol–water partition coefficient (Wildman–Crippen LogP) is 4.51. The molecule has 0 saturated heterocycles. The maximum Gasteiger partial charge on any atom is 0.412 e. The topological polar surface area (TPSA) is 95.1 Å². The molecule has 2 N–H and O–H groups in total. The van der Waals surface area contributed by atoms with Crippen molar-refractivity contribution in [3.8, 4) is 23.0 Å². The van der Waals surface area contributed by atoms with Crippen LogP contribution in [0.1, 0.15) is 26.7 Å². The number of hydrogen-bond acceptors (Lipinski definition) is 6. The summed E-state index contributed by atoms with van der Waals surface area (Å²) < 4.78 is 21.9. The number of carbonyl (C=O) groups excluding carboxylic acids is 2. The first-order valence-electron chi connectivity index (χ1n) is 9.25. The predicted molar refractivity (Wildman–Crippen MR) is 111 cm³/mol. The van der Waals surface area contributed by atoms with E-state index >= 15 is 0 Å². The van der Waals surface area contributed by atoms with Crippen molar-refractivity contribution in [2.24, 2.45) is 0 Å². The van der Waals surface area contributed by atoms with Gasteiger partial charge in [0.15, 0.2) is 11.5 Å². The van der Waals surface area contributed by atoms with Crippen molar-refractivity contribution >= 4 is 34.6 Å². The molecule has 0 unspecified atom stereocenters. The third kappa shape index (κ3) is 5.35. The van der Waals surface area contributed by atoms with Crippen molar-refractivity contribution in [2.75, 3.05) is 27.3 Å². The normalized spacial score (nSPS) is 10.4. The summed E-state index contributed by atoms with van der Waals surface area (Å²) in [5.74, 6) is 0.460. The maximum absolute atomic E-state index is 12.2. The Balaban J connectivity index is 2.64. The van der Waals surface area contributed by atoms with Crippen LogP contribution in [0.4, 0.5) is 9.59 Å². The fourth-order valence-electron chi connectivity index (χ4n) is 2.64. The number of nitrogens with one attached hydrogen (secondary N) is 2. The summed E-state index contributed by atoms with van der Waals surface area (Å²) in [5.41, 5.74) is 0. The smallest absolute Gasteiger partial charge is 0.412 e. The highest BCUT2D eigenvalue weighted by atomic mass is 35.5. The molecule has 0 aromatic heterocycles. The third-order valence-electron chi connectivity index (χ3n) is 3.93. The van der Waals surface area contributed by atoms with Crippen LogP contribution in [0.3, 0.4) is 0 Å². The largest absolute Gasteiger partial charge is 0.490 e. The Morgan fingerprint density at radius 2 is 1.31 bits per heavy atom. The SMILES string of the molecule is CCCNC(=O)Oc1c(OC)c(OC)c(OC(=O)NCCC)c2cc(Cl)ccc12. The molecule has 2 aromatic carbocycles. The number of rotatable bonds is 8. The molecule has 0 saturated carbocycles. The molecule has 8 nitrogen and oxygen atoms in total. The molecule has 0 fully saturated rings. The fraction of sp³-hybridized carbons (Fsp3) is 0.400. The Morgan fingerprint density at radius 1 is 0.828 bits per heavy atom. The lowest BCUT2D eigenvalue weighted by Gasteiger charge is -2.19. The number of halogens is 1. The monoisotopic (exact) mass is 424 g/mol. The first kappa shape index (κ1) is 22.4. The van der Waals surface area contributed by atoms with Crippen LogP contribution in [0.2, 0.25) is 5.02 Å². The lowest BCUT2D eigenvalue weighted by molar-refractivity contribution is 0.195. The van der Waals surface area contributed by atoms with E-state index in [1.807, 2.05) is 13.8 Å². The van der Waals surface area contributed by atoms with Gasteiger partial charge in [-0.1, -0.05) is 25.4 Å². The van der Waals surface area contributed by atoms with Crippen molar-refractivity contribution < 1.29 is 28.5 Å². The first-order valence-corrected chi connectivity index (χ1v) is 9.63. The molecule has 0 bridgehead atoms. The molecule has 0 radical (unpaired) electrons. The van der Waals surface area contributed by atoms with Crippen LogP contribution in [-0.2, 0) is 0 Å². The molecule has 0 heterocycles. The molecule has 0 spiro atoms. The van der Waals surface area contributed by atoms with E-state index in [4.69, 9.17) is 30.5 Å². The second-order valence-corrected chi connectivity index (χ2v) is 6.48. The van der Waals surface area contributed by atoms with Gasteiger partial charge in [-0.2, -0.15) is 0 Å². The van der Waals surface area contributed by atoms with Gasteiger partial charge in [0.1, 0.15) is 0 Å². The Morgan fingerprint density at radius 3 is 1.76 bits per heavy atom. The summed E-state index contributed by atoms with van der Waals surface area (Å²) in [6, 6.07) is 4.88. The van der Waals surface area contributed by atoms with E-state index in [0.29, 0.717) is 28.9 Å². The van der Waals surface area contributed by atoms with Gasteiger partial charge in [-0.25, -0.2) is 9.59 Å². The van der Waals surface area contributed by atoms with Gasteiger partial charge >= 0.3 is 12.2 Å². The van der Waals surface area contributed by atoms with E-state index in [0.717, 1.165) is 12.8 Å². The van der Waals surface area contributed by atoms with Gasteiger partial charge in [-0.3, -0.25) is 0 Å². The molecule has 0 atom stereocenters. The molecule has 158 valence electrons. The molecule has 2 aromatic rings. The molecule has 0 aliphatic carbocycles. The van der Waals surface area contributed by atoms with E-state index in [1.54, 1.807) is 18.2 Å². The van der Waals surface area contributed by atoms with Crippen LogP contribution in [0, 0.1) is 0 Å². The molecule has 29 heavy (non-hydrogen) atoms. The van der Waals surface area contributed by atoms with Gasteiger partial charge < -0.3 is 29.6 Å². The standard InChI is InChI=1S/C20H25ClN2O6/c1-5-9-22-19(24)28-15-13-8-7-12(21)11-14(13)16(18(27-4)17(15)26-3)29-20(25)23-10-6-2/h7-8,11H,5-6,9-10H2,1-4H3,(H,22,24)(H,23,25). The summed E-state index contributed by atoms with van der Waals surface area (Å²) >= 11 is 6.16. The minimum absolute atomic E-state index is 0.104. The summed E-state index contributed by atoms with van der Waals surface area (Å²) in [6.45, 7) is 4.77. The molecule has 9 heteroatoms. The van der Waals surface area contributed by atoms with Crippen LogP contribution in [0.25, 0.3) is 10.8 Å².